The first-order valence-corrected chi connectivity index (χ1v) is 6.44. The predicted molar refractivity (Wildman–Crippen MR) is 73.1 cm³/mol. The largest absolute Gasteiger partial charge is 0.465 e. The highest BCUT2D eigenvalue weighted by molar-refractivity contribution is 5.89. The third-order valence-electron chi connectivity index (χ3n) is 3.13. The molecule has 2 aromatic heterocycles. The molecule has 0 aromatic carbocycles. The van der Waals surface area contributed by atoms with Crippen LogP contribution in [0, 0.1) is 6.92 Å². The summed E-state index contributed by atoms with van der Waals surface area (Å²) in [5.41, 5.74) is 1.75. The molecule has 3 heterocycles. The van der Waals surface area contributed by atoms with Gasteiger partial charge in [-0.3, -0.25) is 5.32 Å². The van der Waals surface area contributed by atoms with Crippen molar-refractivity contribution in [2.75, 3.05) is 18.4 Å². The fourth-order valence-electron chi connectivity index (χ4n) is 2.16. The Balaban J connectivity index is 1.66. The van der Waals surface area contributed by atoms with Crippen molar-refractivity contribution in [2.45, 2.75) is 13.3 Å². The molecule has 2 aromatic rings. The first-order chi connectivity index (χ1) is 9.72. The number of aryl methyl sites for hydroxylation is 1. The quantitative estimate of drug-likeness (QED) is 0.913. The van der Waals surface area contributed by atoms with Crippen LogP contribution in [0.5, 0.6) is 0 Å². The standard InChI is InChI=1S/C14H15N3O3/c1-10-8-13(20-16-10)15-14(18)17-6-2-4-11(9-17)12-5-3-7-19-12/h3-5,7-8H,2,6,9H2,1H3,(H,15,18). The molecule has 1 aliphatic heterocycles. The second-order valence-corrected chi connectivity index (χ2v) is 4.68. The molecule has 0 unspecified atom stereocenters. The molecule has 0 bridgehead atoms. The van der Waals surface area contributed by atoms with Gasteiger partial charge in [-0.15, -0.1) is 0 Å². The lowest BCUT2D eigenvalue weighted by Gasteiger charge is -2.26. The number of furan rings is 1. The molecule has 0 saturated heterocycles. The average molecular weight is 273 g/mol. The first-order valence-electron chi connectivity index (χ1n) is 6.44. The minimum absolute atomic E-state index is 0.196. The smallest absolute Gasteiger partial charge is 0.324 e. The van der Waals surface area contributed by atoms with Crippen LogP contribution in [0.25, 0.3) is 5.57 Å². The van der Waals surface area contributed by atoms with Crippen LogP contribution < -0.4 is 5.32 Å². The summed E-state index contributed by atoms with van der Waals surface area (Å²) in [6.07, 6.45) is 4.53. The molecule has 6 heteroatoms. The average Bonchev–Trinajstić information content (AvgIpc) is 3.11. The molecule has 20 heavy (non-hydrogen) atoms. The summed E-state index contributed by atoms with van der Waals surface area (Å²) in [6, 6.07) is 5.23. The highest BCUT2D eigenvalue weighted by atomic mass is 16.5. The van der Waals surface area contributed by atoms with Crippen LogP contribution in [0.4, 0.5) is 10.7 Å². The summed E-state index contributed by atoms with van der Waals surface area (Å²) >= 11 is 0. The number of hydrogen-bond acceptors (Lipinski definition) is 4. The summed E-state index contributed by atoms with van der Waals surface area (Å²) in [4.78, 5) is 13.9. The monoisotopic (exact) mass is 273 g/mol. The van der Waals surface area contributed by atoms with E-state index >= 15 is 0 Å². The maximum atomic E-state index is 12.2. The van der Waals surface area contributed by atoms with Crippen molar-refractivity contribution >= 4 is 17.5 Å². The number of urea groups is 1. The van der Waals surface area contributed by atoms with Gasteiger partial charge in [-0.2, -0.15) is 0 Å². The van der Waals surface area contributed by atoms with Gasteiger partial charge >= 0.3 is 6.03 Å². The van der Waals surface area contributed by atoms with Crippen molar-refractivity contribution < 1.29 is 13.7 Å². The van der Waals surface area contributed by atoms with E-state index in [1.807, 2.05) is 12.1 Å². The Morgan fingerprint density at radius 3 is 3.10 bits per heavy atom. The SMILES string of the molecule is Cc1cc(NC(=O)N2CCC=C(c3ccco3)C2)on1. The number of anilines is 1. The zero-order chi connectivity index (χ0) is 13.9. The molecular weight excluding hydrogens is 258 g/mol. The van der Waals surface area contributed by atoms with E-state index in [1.165, 1.54) is 0 Å². The number of amides is 2. The van der Waals surface area contributed by atoms with Gasteiger partial charge in [0.25, 0.3) is 0 Å². The fraction of sp³-hybridized carbons (Fsp3) is 0.286. The van der Waals surface area contributed by atoms with Gasteiger partial charge in [-0.1, -0.05) is 11.2 Å². The molecule has 6 nitrogen and oxygen atoms in total. The molecule has 1 aliphatic rings. The third-order valence-corrected chi connectivity index (χ3v) is 3.13. The second-order valence-electron chi connectivity index (χ2n) is 4.68. The Labute approximate surface area is 116 Å². The normalized spacial score (nSPS) is 15.1. The van der Waals surface area contributed by atoms with E-state index in [-0.39, 0.29) is 6.03 Å². The van der Waals surface area contributed by atoms with Gasteiger partial charge in [0.05, 0.1) is 18.5 Å². The topological polar surface area (TPSA) is 71.5 Å². The van der Waals surface area contributed by atoms with E-state index in [4.69, 9.17) is 8.94 Å². The van der Waals surface area contributed by atoms with Crippen molar-refractivity contribution in [3.63, 3.8) is 0 Å². The van der Waals surface area contributed by atoms with Crippen LogP contribution in [-0.2, 0) is 0 Å². The number of carbonyl (C=O) groups is 1. The Morgan fingerprint density at radius 1 is 1.50 bits per heavy atom. The van der Waals surface area contributed by atoms with E-state index in [9.17, 15) is 4.79 Å². The molecule has 0 saturated carbocycles. The fourth-order valence-corrected chi connectivity index (χ4v) is 2.16. The summed E-state index contributed by atoms with van der Waals surface area (Å²) < 4.78 is 10.4. The number of hydrogen-bond donors (Lipinski definition) is 1. The zero-order valence-electron chi connectivity index (χ0n) is 11.1. The Morgan fingerprint density at radius 2 is 2.40 bits per heavy atom. The molecule has 3 rings (SSSR count). The van der Waals surface area contributed by atoms with Gasteiger partial charge in [-0.05, 0) is 25.5 Å². The molecule has 2 amide bonds. The molecule has 0 fully saturated rings. The van der Waals surface area contributed by atoms with E-state index in [0.29, 0.717) is 19.0 Å². The summed E-state index contributed by atoms with van der Waals surface area (Å²) in [5.74, 6) is 1.17. The zero-order valence-corrected chi connectivity index (χ0v) is 11.1. The van der Waals surface area contributed by atoms with E-state index in [1.54, 1.807) is 24.2 Å². The van der Waals surface area contributed by atoms with E-state index < -0.39 is 0 Å². The Hall–Kier alpha value is -2.50. The summed E-state index contributed by atoms with van der Waals surface area (Å²) in [6.45, 7) is 2.99. The van der Waals surface area contributed by atoms with Crippen LogP contribution in [0.1, 0.15) is 17.9 Å². The lowest BCUT2D eigenvalue weighted by atomic mass is 10.1. The summed E-state index contributed by atoms with van der Waals surface area (Å²) in [7, 11) is 0. The van der Waals surface area contributed by atoms with Crippen LogP contribution in [-0.4, -0.2) is 29.2 Å². The highest BCUT2D eigenvalue weighted by Gasteiger charge is 2.21. The van der Waals surface area contributed by atoms with Gasteiger partial charge < -0.3 is 13.8 Å². The lowest BCUT2D eigenvalue weighted by molar-refractivity contribution is 0.216. The lowest BCUT2D eigenvalue weighted by Crippen LogP contribution is -2.38. The minimum atomic E-state index is -0.196. The van der Waals surface area contributed by atoms with Crippen LogP contribution in [0.2, 0.25) is 0 Å². The maximum Gasteiger partial charge on any atom is 0.324 e. The van der Waals surface area contributed by atoms with Crippen LogP contribution in [0.15, 0.2) is 39.5 Å². The number of aromatic nitrogens is 1. The van der Waals surface area contributed by atoms with Gasteiger partial charge in [0.2, 0.25) is 5.88 Å². The van der Waals surface area contributed by atoms with Crippen LogP contribution >= 0.6 is 0 Å². The molecule has 0 spiro atoms. The molecule has 0 radical (unpaired) electrons. The van der Waals surface area contributed by atoms with E-state index in [0.717, 1.165) is 23.4 Å². The first kappa shape index (κ1) is 12.5. The predicted octanol–water partition coefficient (Wildman–Crippen LogP) is 2.90. The van der Waals surface area contributed by atoms with Crippen molar-refractivity contribution in [2.24, 2.45) is 0 Å². The number of nitrogens with one attached hydrogen (secondary N) is 1. The van der Waals surface area contributed by atoms with E-state index in [2.05, 4.69) is 16.5 Å². The van der Waals surface area contributed by atoms with Gasteiger partial charge in [0.15, 0.2) is 0 Å². The number of nitrogens with zero attached hydrogens (tertiary/aromatic N) is 2. The maximum absolute atomic E-state index is 12.2. The highest BCUT2D eigenvalue weighted by Crippen LogP contribution is 2.21. The molecular formula is C14H15N3O3. The molecule has 0 atom stereocenters. The van der Waals surface area contributed by atoms with Crippen molar-refractivity contribution in [1.82, 2.24) is 10.1 Å². The number of carbonyl (C=O) groups excluding carboxylic acids is 1. The Kier molecular flexibility index (Phi) is 3.28. The second kappa shape index (κ2) is 5.24. The number of rotatable bonds is 2. The summed E-state index contributed by atoms with van der Waals surface area (Å²) in [5, 5.41) is 6.43. The molecule has 0 aliphatic carbocycles. The van der Waals surface area contributed by atoms with Crippen molar-refractivity contribution in [1.29, 1.82) is 0 Å². The Bertz CT molecular complexity index is 628. The van der Waals surface area contributed by atoms with Crippen molar-refractivity contribution in [3.8, 4) is 0 Å². The van der Waals surface area contributed by atoms with Gasteiger partial charge in [-0.25, -0.2) is 4.79 Å². The third kappa shape index (κ3) is 2.59. The van der Waals surface area contributed by atoms with Crippen molar-refractivity contribution in [3.05, 3.63) is 42.0 Å². The van der Waals surface area contributed by atoms with Gasteiger partial charge in [0, 0.05) is 18.2 Å². The van der Waals surface area contributed by atoms with Crippen LogP contribution in [0.3, 0.4) is 0 Å². The molecule has 104 valence electrons. The molecule has 1 N–H and O–H groups in total. The van der Waals surface area contributed by atoms with Gasteiger partial charge in [0.1, 0.15) is 5.76 Å². The minimum Gasteiger partial charge on any atom is -0.465 e.